The lowest BCUT2D eigenvalue weighted by atomic mass is 10.1. The summed E-state index contributed by atoms with van der Waals surface area (Å²) in [6.07, 6.45) is 0.0737. The van der Waals surface area contributed by atoms with Crippen molar-refractivity contribution in [3.05, 3.63) is 42.5 Å². The monoisotopic (exact) mass is 493 g/mol. The van der Waals surface area contributed by atoms with Crippen LogP contribution in [0.4, 0.5) is 4.39 Å². The minimum atomic E-state index is -1.06. The highest BCUT2D eigenvalue weighted by Gasteiger charge is 2.47. The summed E-state index contributed by atoms with van der Waals surface area (Å²) in [4.78, 5) is 39.3. The molecule has 0 amide bonds. The van der Waals surface area contributed by atoms with Crippen molar-refractivity contribution in [1.82, 2.24) is 4.98 Å². The van der Waals surface area contributed by atoms with Crippen LogP contribution in [0.2, 0.25) is 0 Å². The van der Waals surface area contributed by atoms with Gasteiger partial charge in [-0.25, -0.2) is 4.39 Å². The van der Waals surface area contributed by atoms with Crippen molar-refractivity contribution in [1.29, 1.82) is 0 Å². The number of hydrogen-bond donors (Lipinski definition) is 0. The normalized spacial score (nSPS) is 21.8. The second-order valence-electron chi connectivity index (χ2n) is 7.37. The molecule has 1 aromatic carbocycles. The van der Waals surface area contributed by atoms with Crippen LogP contribution in [0.25, 0.3) is 11.1 Å². The predicted octanol–water partition coefficient (Wildman–Crippen LogP) is 3.14. The summed E-state index contributed by atoms with van der Waals surface area (Å²) in [5, 5.41) is 0. The lowest BCUT2D eigenvalue weighted by Crippen LogP contribution is -2.55. The number of carbonyl (C=O) groups excluding carboxylic acids is 3. The number of aromatic nitrogens is 1. The van der Waals surface area contributed by atoms with Crippen LogP contribution in [-0.4, -0.2) is 59.5 Å². The van der Waals surface area contributed by atoms with Crippen LogP contribution in [-0.2, 0) is 28.6 Å². The lowest BCUT2D eigenvalue weighted by Gasteiger charge is -2.39. The standard InChI is InChI=1S/C23H24FNO8S/c1-12(26)30-20-11-34-23(22(32-14(3)28)21(20)31-13(2)27)33-17-7-15(9-25-10-17)18-6-5-16(24)8-19(18)29-4/h5-10,20-23H,11H2,1-4H3/t20-,21+,22-,23+/m1/s1. The molecular weight excluding hydrogens is 469 g/mol. The Balaban J connectivity index is 1.90. The van der Waals surface area contributed by atoms with E-state index < -0.39 is 47.5 Å². The zero-order valence-corrected chi connectivity index (χ0v) is 19.8. The number of methoxy groups -OCH3 is 1. The summed E-state index contributed by atoms with van der Waals surface area (Å²) < 4.78 is 41.0. The summed E-state index contributed by atoms with van der Waals surface area (Å²) in [7, 11) is 1.43. The number of pyridine rings is 1. The molecule has 9 nitrogen and oxygen atoms in total. The van der Waals surface area contributed by atoms with E-state index in [1.165, 1.54) is 58.0 Å². The molecule has 0 spiro atoms. The maximum absolute atomic E-state index is 13.6. The van der Waals surface area contributed by atoms with Gasteiger partial charge in [0.2, 0.25) is 0 Å². The Labute approximate surface area is 199 Å². The van der Waals surface area contributed by atoms with Gasteiger partial charge in [-0.15, -0.1) is 11.8 Å². The summed E-state index contributed by atoms with van der Waals surface area (Å²) in [5.74, 6) is -1.37. The summed E-state index contributed by atoms with van der Waals surface area (Å²) in [6.45, 7) is 3.65. The first-order valence-electron chi connectivity index (χ1n) is 10.3. The van der Waals surface area contributed by atoms with Gasteiger partial charge in [0.15, 0.2) is 23.7 Å². The van der Waals surface area contributed by atoms with Crippen molar-refractivity contribution in [2.24, 2.45) is 0 Å². The van der Waals surface area contributed by atoms with Crippen molar-refractivity contribution < 1.29 is 42.5 Å². The zero-order chi connectivity index (χ0) is 24.8. The third-order valence-electron chi connectivity index (χ3n) is 4.74. The average Bonchev–Trinajstić information content (AvgIpc) is 2.76. The Hall–Kier alpha value is -3.34. The number of ether oxygens (including phenoxy) is 5. The van der Waals surface area contributed by atoms with E-state index >= 15 is 0 Å². The van der Waals surface area contributed by atoms with Gasteiger partial charge in [-0.1, -0.05) is 0 Å². The molecule has 4 atom stereocenters. The van der Waals surface area contributed by atoms with Gasteiger partial charge < -0.3 is 23.7 Å². The molecule has 1 aliphatic heterocycles. The van der Waals surface area contributed by atoms with Crippen LogP contribution in [0.15, 0.2) is 36.7 Å². The molecule has 34 heavy (non-hydrogen) atoms. The number of nitrogens with zero attached hydrogens (tertiary/aromatic N) is 1. The van der Waals surface area contributed by atoms with Crippen molar-refractivity contribution in [2.75, 3.05) is 12.9 Å². The second-order valence-corrected chi connectivity index (χ2v) is 8.50. The highest BCUT2D eigenvalue weighted by Crippen LogP contribution is 2.36. The molecule has 0 bridgehead atoms. The van der Waals surface area contributed by atoms with Crippen LogP contribution >= 0.6 is 11.8 Å². The fraction of sp³-hybridized carbons (Fsp3) is 0.391. The predicted molar refractivity (Wildman–Crippen MR) is 120 cm³/mol. The van der Waals surface area contributed by atoms with E-state index in [4.69, 9.17) is 23.7 Å². The fourth-order valence-electron chi connectivity index (χ4n) is 3.48. The molecule has 1 fully saturated rings. The summed E-state index contributed by atoms with van der Waals surface area (Å²) in [5.41, 5.74) is 0.406. The number of rotatable bonds is 7. The molecular formula is C23H24FNO8S. The van der Waals surface area contributed by atoms with Crippen molar-refractivity contribution in [3.63, 3.8) is 0 Å². The van der Waals surface area contributed by atoms with Crippen LogP contribution in [0.1, 0.15) is 20.8 Å². The van der Waals surface area contributed by atoms with E-state index in [2.05, 4.69) is 4.98 Å². The lowest BCUT2D eigenvalue weighted by molar-refractivity contribution is -0.186. The second kappa shape index (κ2) is 11.2. The van der Waals surface area contributed by atoms with E-state index in [0.717, 1.165) is 0 Å². The largest absolute Gasteiger partial charge is 0.496 e. The first-order chi connectivity index (χ1) is 16.2. The highest BCUT2D eigenvalue weighted by atomic mass is 32.2. The van der Waals surface area contributed by atoms with Gasteiger partial charge in [0, 0.05) is 49.9 Å². The molecule has 2 heterocycles. The Bertz CT molecular complexity index is 1070. The number of benzene rings is 1. The average molecular weight is 494 g/mol. The molecule has 182 valence electrons. The number of hydrogen-bond acceptors (Lipinski definition) is 10. The van der Waals surface area contributed by atoms with E-state index in [-0.39, 0.29) is 5.75 Å². The van der Waals surface area contributed by atoms with E-state index in [1.807, 2.05) is 0 Å². The quantitative estimate of drug-likeness (QED) is 0.421. The topological polar surface area (TPSA) is 110 Å². The highest BCUT2D eigenvalue weighted by molar-refractivity contribution is 7.99. The van der Waals surface area contributed by atoms with Crippen LogP contribution in [0.5, 0.6) is 11.5 Å². The van der Waals surface area contributed by atoms with Gasteiger partial charge in [0.25, 0.3) is 0 Å². The molecule has 1 aliphatic rings. The van der Waals surface area contributed by atoms with Gasteiger partial charge in [-0.2, -0.15) is 0 Å². The van der Waals surface area contributed by atoms with Crippen LogP contribution < -0.4 is 9.47 Å². The summed E-state index contributed by atoms with van der Waals surface area (Å²) in [6, 6.07) is 5.80. The van der Waals surface area contributed by atoms with Crippen LogP contribution in [0.3, 0.4) is 0 Å². The number of esters is 3. The van der Waals surface area contributed by atoms with Crippen LogP contribution in [0, 0.1) is 5.82 Å². The van der Waals surface area contributed by atoms with Crippen molar-refractivity contribution in [3.8, 4) is 22.6 Å². The Morgan fingerprint density at radius 3 is 2.29 bits per heavy atom. The molecule has 0 aliphatic carbocycles. The van der Waals surface area contributed by atoms with Crippen molar-refractivity contribution in [2.45, 2.75) is 44.5 Å². The first-order valence-corrected chi connectivity index (χ1v) is 11.3. The molecule has 1 aromatic heterocycles. The maximum atomic E-state index is 13.6. The zero-order valence-electron chi connectivity index (χ0n) is 19.0. The number of carbonyl (C=O) groups is 3. The van der Waals surface area contributed by atoms with E-state index in [9.17, 15) is 18.8 Å². The van der Waals surface area contributed by atoms with E-state index in [0.29, 0.717) is 22.6 Å². The minimum absolute atomic E-state index is 0.235. The summed E-state index contributed by atoms with van der Waals surface area (Å²) >= 11 is 1.23. The SMILES string of the molecule is COc1cc(F)ccc1-c1cncc(O[C@H]2SC[C@@H](OC(C)=O)[C@H](OC(C)=O)[C@H]2OC(C)=O)c1. The van der Waals surface area contributed by atoms with Gasteiger partial charge in [-0.3, -0.25) is 19.4 Å². The Kier molecular flexibility index (Phi) is 8.32. The maximum Gasteiger partial charge on any atom is 0.303 e. The fourth-order valence-corrected chi connectivity index (χ4v) is 4.69. The first kappa shape index (κ1) is 25.3. The molecule has 0 saturated carbocycles. The molecule has 3 rings (SSSR count). The minimum Gasteiger partial charge on any atom is -0.496 e. The molecule has 0 radical (unpaired) electrons. The van der Waals surface area contributed by atoms with Gasteiger partial charge in [0.1, 0.15) is 17.3 Å². The number of thioether (sulfide) groups is 1. The van der Waals surface area contributed by atoms with Crippen molar-refractivity contribution >= 4 is 29.7 Å². The Morgan fingerprint density at radius 2 is 1.65 bits per heavy atom. The third-order valence-corrected chi connectivity index (χ3v) is 5.96. The van der Waals surface area contributed by atoms with Gasteiger partial charge >= 0.3 is 17.9 Å². The third kappa shape index (κ3) is 6.37. The molecule has 2 aromatic rings. The molecule has 11 heteroatoms. The van der Waals surface area contributed by atoms with Gasteiger partial charge in [-0.05, 0) is 18.2 Å². The molecule has 0 N–H and O–H groups in total. The molecule has 0 unspecified atom stereocenters. The smallest absolute Gasteiger partial charge is 0.303 e. The van der Waals surface area contributed by atoms with Gasteiger partial charge in [0.05, 0.1) is 13.3 Å². The Morgan fingerprint density at radius 1 is 0.971 bits per heavy atom. The number of halogens is 1. The molecule has 1 saturated heterocycles. The van der Waals surface area contributed by atoms with E-state index in [1.54, 1.807) is 18.3 Å².